The number of nitrogens with zero attached hydrogens (tertiary/aromatic N) is 4. The molecule has 10 aromatic rings. The Morgan fingerprint density at radius 2 is 0.855 bits per heavy atom. The summed E-state index contributed by atoms with van der Waals surface area (Å²) in [6.45, 7) is 0. The first-order valence-electron chi connectivity index (χ1n) is 27.3. The van der Waals surface area contributed by atoms with Crippen molar-refractivity contribution < 1.29 is 0 Å². The molecule has 0 radical (unpaired) electrons. The van der Waals surface area contributed by atoms with Crippen LogP contribution in [0.5, 0.6) is 0 Å². The third-order valence-electron chi connectivity index (χ3n) is 17.4. The van der Waals surface area contributed by atoms with Crippen LogP contribution in [0.15, 0.2) is 277 Å². The van der Waals surface area contributed by atoms with Gasteiger partial charge in [0, 0.05) is 67.5 Å². The lowest BCUT2D eigenvalue weighted by molar-refractivity contribution is 0.658. The highest BCUT2D eigenvalue weighted by molar-refractivity contribution is 6.11. The number of hydrogen-bond acceptors (Lipinski definition) is 2. The second kappa shape index (κ2) is 17.2. The van der Waals surface area contributed by atoms with Crippen molar-refractivity contribution in [2.24, 2.45) is 11.8 Å². The van der Waals surface area contributed by atoms with Gasteiger partial charge in [-0.15, -0.1) is 0 Å². The molecule has 0 fully saturated rings. The molecule has 0 spiro atoms. The van der Waals surface area contributed by atoms with Gasteiger partial charge in [0.15, 0.2) is 0 Å². The van der Waals surface area contributed by atoms with Crippen LogP contribution < -0.4 is 9.80 Å². The second-order valence-corrected chi connectivity index (χ2v) is 21.4. The molecule has 2 aliphatic heterocycles. The molecular weight excluding hydrogens is 921 g/mol. The number of hydrogen-bond donors (Lipinski definition) is 0. The molecule has 362 valence electrons. The molecule has 76 heavy (non-hydrogen) atoms. The molecule has 2 aromatic heterocycles. The number of anilines is 2. The van der Waals surface area contributed by atoms with Crippen LogP contribution in [0.25, 0.3) is 82.8 Å². The number of aromatic nitrogens is 2. The molecule has 6 aliphatic rings. The Balaban J connectivity index is 0.708. The van der Waals surface area contributed by atoms with Gasteiger partial charge in [-0.2, -0.15) is 0 Å². The number of benzene rings is 8. The highest BCUT2D eigenvalue weighted by Gasteiger charge is 2.43. The zero-order valence-corrected chi connectivity index (χ0v) is 42.2. The van der Waals surface area contributed by atoms with E-state index in [1.165, 1.54) is 99.8 Å². The van der Waals surface area contributed by atoms with E-state index in [9.17, 15) is 0 Å². The summed E-state index contributed by atoms with van der Waals surface area (Å²) in [5.74, 6) is 0.720. The summed E-state index contributed by atoms with van der Waals surface area (Å²) >= 11 is 0. The van der Waals surface area contributed by atoms with Gasteiger partial charge in [0.2, 0.25) is 0 Å². The fourth-order valence-corrected chi connectivity index (χ4v) is 14.1. The van der Waals surface area contributed by atoms with Gasteiger partial charge in [-0.05, 0) is 161 Å². The van der Waals surface area contributed by atoms with Crippen LogP contribution in [-0.2, 0) is 0 Å². The fourth-order valence-electron chi connectivity index (χ4n) is 14.1. The molecule has 0 amide bonds. The third kappa shape index (κ3) is 6.63. The second-order valence-electron chi connectivity index (χ2n) is 21.4. The topological polar surface area (TPSA) is 16.3 Å². The lowest BCUT2D eigenvalue weighted by Crippen LogP contribution is -2.33. The maximum atomic E-state index is 2.61. The van der Waals surface area contributed by atoms with Crippen molar-refractivity contribution in [2.45, 2.75) is 37.8 Å². The largest absolute Gasteiger partial charge is 0.334 e. The van der Waals surface area contributed by atoms with E-state index in [2.05, 4.69) is 274 Å². The molecule has 4 nitrogen and oxygen atoms in total. The van der Waals surface area contributed by atoms with E-state index in [1.54, 1.807) is 11.1 Å². The first-order valence-corrected chi connectivity index (χ1v) is 27.3. The van der Waals surface area contributed by atoms with Gasteiger partial charge >= 0.3 is 0 Å². The Hall–Kier alpha value is -9.12. The molecule has 4 heterocycles. The number of allylic oxidation sites excluding steroid dienone is 8. The molecule has 0 saturated carbocycles. The minimum Gasteiger partial charge on any atom is -0.334 e. The van der Waals surface area contributed by atoms with Gasteiger partial charge in [0.05, 0.1) is 34.2 Å². The van der Waals surface area contributed by atoms with Crippen molar-refractivity contribution in [3.63, 3.8) is 0 Å². The standard InChI is InChI=1S/C72H54N4/c1-7-27-64-57(20-1)58-21-2-8-28-65(58)73(64)52-39-34-47(35-40-52)48-36-41-53(42-37-48)74-69-32-12-6-25-62(69)72-56(26-15-33-71(72)74)51-38-43-70-63(46-51)61-24-5-11-31-68(61)76(70)55-19-14-17-50(45-55)49-16-13-18-54(44-49)75-66-29-9-3-22-59(66)60-23-4-10-30-67(60)75/h1,3-5,7-20,22-24,26-46,57,64,71-72H,2,6,21,25H2. The smallest absolute Gasteiger partial charge is 0.0632 e. The van der Waals surface area contributed by atoms with Crippen molar-refractivity contribution >= 4 is 60.6 Å². The summed E-state index contributed by atoms with van der Waals surface area (Å²) in [5.41, 5.74) is 23.1. The van der Waals surface area contributed by atoms with Gasteiger partial charge in [-0.1, -0.05) is 164 Å². The average Bonchev–Trinajstić information content (AvgIpc) is 4.28. The quantitative estimate of drug-likeness (QED) is 0.158. The van der Waals surface area contributed by atoms with Gasteiger partial charge < -0.3 is 18.9 Å². The van der Waals surface area contributed by atoms with Crippen molar-refractivity contribution in [3.8, 4) is 33.6 Å². The molecule has 4 aliphatic carbocycles. The van der Waals surface area contributed by atoms with Crippen molar-refractivity contribution in [1.29, 1.82) is 0 Å². The molecule has 8 aromatic carbocycles. The van der Waals surface area contributed by atoms with E-state index in [4.69, 9.17) is 0 Å². The Morgan fingerprint density at radius 1 is 0.355 bits per heavy atom. The Kier molecular flexibility index (Phi) is 9.81. The van der Waals surface area contributed by atoms with Crippen molar-refractivity contribution in [2.75, 3.05) is 9.80 Å². The predicted molar refractivity (Wildman–Crippen MR) is 318 cm³/mol. The van der Waals surface area contributed by atoms with Crippen LogP contribution >= 0.6 is 0 Å². The van der Waals surface area contributed by atoms with Crippen LogP contribution in [-0.4, -0.2) is 21.2 Å². The summed E-state index contributed by atoms with van der Waals surface area (Å²) in [5, 5.41) is 5.08. The molecule has 0 bridgehead atoms. The molecule has 0 N–H and O–H groups in total. The van der Waals surface area contributed by atoms with Crippen LogP contribution in [0.2, 0.25) is 0 Å². The fraction of sp³-hybridized carbons (Fsp3) is 0.111. The summed E-state index contributed by atoms with van der Waals surface area (Å²) < 4.78 is 4.87. The monoisotopic (exact) mass is 974 g/mol. The Labute approximate surface area is 443 Å². The number of rotatable bonds is 7. The maximum absolute atomic E-state index is 2.61. The predicted octanol–water partition coefficient (Wildman–Crippen LogP) is 17.8. The molecular formula is C72H54N4. The van der Waals surface area contributed by atoms with E-state index in [1.807, 2.05) is 0 Å². The third-order valence-corrected chi connectivity index (χ3v) is 17.4. The normalized spacial score (nSPS) is 20.3. The Morgan fingerprint density at radius 3 is 1.47 bits per heavy atom. The maximum Gasteiger partial charge on any atom is 0.0632 e. The molecule has 0 saturated heterocycles. The minimum atomic E-state index is 0.187. The zero-order chi connectivity index (χ0) is 49.8. The van der Waals surface area contributed by atoms with Gasteiger partial charge in [0.25, 0.3) is 0 Å². The lowest BCUT2D eigenvalue weighted by Gasteiger charge is -2.33. The highest BCUT2D eigenvalue weighted by atomic mass is 15.2. The van der Waals surface area contributed by atoms with Crippen molar-refractivity contribution in [1.82, 2.24) is 9.13 Å². The van der Waals surface area contributed by atoms with E-state index in [-0.39, 0.29) is 12.0 Å². The summed E-state index contributed by atoms with van der Waals surface area (Å²) in [7, 11) is 0. The number of para-hydroxylation sites is 3. The van der Waals surface area contributed by atoms with Gasteiger partial charge in [-0.25, -0.2) is 0 Å². The lowest BCUT2D eigenvalue weighted by atomic mass is 9.78. The summed E-state index contributed by atoms with van der Waals surface area (Å²) in [6.07, 6.45) is 30.2. The van der Waals surface area contributed by atoms with Crippen LogP contribution in [0, 0.1) is 11.8 Å². The van der Waals surface area contributed by atoms with E-state index in [0.717, 1.165) is 37.1 Å². The van der Waals surface area contributed by atoms with E-state index in [0.29, 0.717) is 12.0 Å². The average molecular weight is 975 g/mol. The molecule has 16 rings (SSSR count). The van der Waals surface area contributed by atoms with Gasteiger partial charge in [0.1, 0.15) is 0 Å². The van der Waals surface area contributed by atoms with Crippen LogP contribution in [0.4, 0.5) is 11.4 Å². The SMILES string of the molecule is C1=CC2C3=C(C=CCC3)N(c3ccc(-c4ccc(N5C6=C(CCC=C6)C6C(c7ccc8c(c7)c7ccccc7n8-c7cccc(-c8cccc(-n9c%10ccccc%10c%10ccccc%109)c8)c7)=CC=CC65)cc4)cc3)C2C=C1. The van der Waals surface area contributed by atoms with Crippen LogP contribution in [0.1, 0.15) is 31.2 Å². The molecule has 4 heteroatoms. The summed E-state index contributed by atoms with van der Waals surface area (Å²) in [4.78, 5) is 5.17. The first kappa shape index (κ1) is 43.3. The zero-order valence-electron chi connectivity index (χ0n) is 42.2. The number of fused-ring (bicyclic) bond motifs is 10. The first-order chi connectivity index (χ1) is 37.7. The van der Waals surface area contributed by atoms with E-state index >= 15 is 0 Å². The molecule has 4 atom stereocenters. The van der Waals surface area contributed by atoms with E-state index < -0.39 is 0 Å². The Bertz CT molecular complexity index is 4260. The van der Waals surface area contributed by atoms with Crippen molar-refractivity contribution in [3.05, 3.63) is 283 Å². The summed E-state index contributed by atoms with van der Waals surface area (Å²) in [6, 6.07) is 70.9. The minimum absolute atomic E-state index is 0.187. The highest BCUT2D eigenvalue weighted by Crippen LogP contribution is 2.51. The van der Waals surface area contributed by atoms with Crippen LogP contribution in [0.3, 0.4) is 0 Å². The molecule has 4 unspecified atom stereocenters. The van der Waals surface area contributed by atoms with Gasteiger partial charge in [-0.3, -0.25) is 0 Å².